The smallest absolute Gasteiger partial charge is 0.0138 e. The molecule has 106 valence electrons. The van der Waals surface area contributed by atoms with E-state index in [2.05, 4.69) is 25.7 Å². The van der Waals surface area contributed by atoms with E-state index in [4.69, 9.17) is 5.73 Å². The van der Waals surface area contributed by atoms with Gasteiger partial charge in [-0.15, -0.1) is 0 Å². The van der Waals surface area contributed by atoms with Gasteiger partial charge < -0.3 is 5.73 Å². The molecule has 4 atom stereocenters. The van der Waals surface area contributed by atoms with Gasteiger partial charge >= 0.3 is 0 Å². The Morgan fingerprint density at radius 2 is 2.00 bits per heavy atom. The summed E-state index contributed by atoms with van der Waals surface area (Å²) in [5.41, 5.74) is 6.02. The summed E-state index contributed by atoms with van der Waals surface area (Å²) in [6.45, 7) is 10.7. The van der Waals surface area contributed by atoms with Gasteiger partial charge in [0.2, 0.25) is 0 Å². The molecule has 2 nitrogen and oxygen atoms in total. The van der Waals surface area contributed by atoms with Crippen LogP contribution in [0.5, 0.6) is 0 Å². The average molecular weight is 252 g/mol. The fraction of sp³-hybridized carbons (Fsp3) is 1.00. The van der Waals surface area contributed by atoms with E-state index >= 15 is 0 Å². The summed E-state index contributed by atoms with van der Waals surface area (Å²) in [6.07, 6.45) is 6.94. The summed E-state index contributed by atoms with van der Waals surface area (Å²) >= 11 is 0. The number of nitrogens with zero attached hydrogens (tertiary/aromatic N) is 1. The van der Waals surface area contributed by atoms with Gasteiger partial charge in [-0.2, -0.15) is 0 Å². The second-order valence-electron chi connectivity index (χ2n) is 6.94. The van der Waals surface area contributed by atoms with Gasteiger partial charge in [0.05, 0.1) is 0 Å². The molecule has 2 N–H and O–H groups in total. The topological polar surface area (TPSA) is 29.3 Å². The second-order valence-corrected chi connectivity index (χ2v) is 6.94. The van der Waals surface area contributed by atoms with Crippen molar-refractivity contribution in [1.82, 2.24) is 4.90 Å². The highest BCUT2D eigenvalue weighted by Crippen LogP contribution is 2.36. The molecule has 2 aliphatic rings. The Morgan fingerprint density at radius 1 is 1.22 bits per heavy atom. The van der Waals surface area contributed by atoms with Gasteiger partial charge in [-0.05, 0) is 56.0 Å². The third-order valence-electron chi connectivity index (χ3n) is 5.61. The highest BCUT2D eigenvalue weighted by molar-refractivity contribution is 4.91. The zero-order valence-electron chi connectivity index (χ0n) is 12.6. The monoisotopic (exact) mass is 252 g/mol. The van der Waals surface area contributed by atoms with Crippen molar-refractivity contribution >= 4 is 0 Å². The van der Waals surface area contributed by atoms with Crippen molar-refractivity contribution in [3.8, 4) is 0 Å². The molecule has 0 bridgehead atoms. The molecular formula is C16H32N2. The Bertz CT molecular complexity index is 251. The number of rotatable bonds is 4. The summed E-state index contributed by atoms with van der Waals surface area (Å²) in [7, 11) is 0. The lowest BCUT2D eigenvalue weighted by molar-refractivity contribution is 0.0953. The van der Waals surface area contributed by atoms with Crippen molar-refractivity contribution in [2.45, 2.75) is 58.9 Å². The van der Waals surface area contributed by atoms with Crippen LogP contribution in [0, 0.1) is 23.7 Å². The van der Waals surface area contributed by atoms with Crippen LogP contribution in [-0.2, 0) is 0 Å². The molecule has 18 heavy (non-hydrogen) atoms. The van der Waals surface area contributed by atoms with E-state index in [9.17, 15) is 0 Å². The first kappa shape index (κ1) is 14.3. The third kappa shape index (κ3) is 3.08. The van der Waals surface area contributed by atoms with Gasteiger partial charge in [0, 0.05) is 12.6 Å². The van der Waals surface area contributed by atoms with Crippen molar-refractivity contribution in [3.05, 3.63) is 0 Å². The van der Waals surface area contributed by atoms with E-state index in [1.165, 1.54) is 45.2 Å². The first-order valence-corrected chi connectivity index (χ1v) is 8.09. The van der Waals surface area contributed by atoms with Crippen molar-refractivity contribution in [2.24, 2.45) is 29.4 Å². The van der Waals surface area contributed by atoms with Gasteiger partial charge in [0.15, 0.2) is 0 Å². The van der Waals surface area contributed by atoms with Crippen LogP contribution in [0.3, 0.4) is 0 Å². The molecule has 1 saturated heterocycles. The molecule has 2 heteroatoms. The van der Waals surface area contributed by atoms with Gasteiger partial charge in [-0.25, -0.2) is 0 Å². The molecule has 2 rings (SSSR count). The van der Waals surface area contributed by atoms with Gasteiger partial charge in [0.25, 0.3) is 0 Å². The summed E-state index contributed by atoms with van der Waals surface area (Å²) in [4.78, 5) is 2.78. The fourth-order valence-electron chi connectivity index (χ4n) is 4.05. The third-order valence-corrected chi connectivity index (χ3v) is 5.61. The number of hydrogen-bond donors (Lipinski definition) is 1. The zero-order chi connectivity index (χ0) is 13.1. The number of hydrogen-bond acceptors (Lipinski definition) is 2. The SMILES string of the molecule is CCC1CCC(CN)C(N2CCC(C(C)C)C2)C1. The minimum absolute atomic E-state index is 0.763. The van der Waals surface area contributed by atoms with Gasteiger partial charge in [-0.1, -0.05) is 33.6 Å². The van der Waals surface area contributed by atoms with E-state index in [1.807, 2.05) is 0 Å². The molecule has 0 amide bonds. The predicted octanol–water partition coefficient (Wildman–Crippen LogP) is 3.12. The molecule has 4 unspecified atom stereocenters. The maximum Gasteiger partial charge on any atom is 0.0138 e. The molecule has 1 aliphatic heterocycles. The normalized spacial score (nSPS) is 38.5. The Hall–Kier alpha value is -0.0800. The lowest BCUT2D eigenvalue weighted by atomic mass is 9.76. The maximum atomic E-state index is 6.02. The highest BCUT2D eigenvalue weighted by Gasteiger charge is 2.36. The van der Waals surface area contributed by atoms with Crippen LogP contribution in [0.2, 0.25) is 0 Å². The molecular weight excluding hydrogens is 220 g/mol. The van der Waals surface area contributed by atoms with Crippen molar-refractivity contribution in [1.29, 1.82) is 0 Å². The highest BCUT2D eigenvalue weighted by atomic mass is 15.2. The minimum atomic E-state index is 0.763. The standard InChI is InChI=1S/C16H32N2/c1-4-13-5-6-14(10-17)16(9-13)18-8-7-15(11-18)12(2)3/h12-16H,4-11,17H2,1-3H3. The minimum Gasteiger partial charge on any atom is -0.330 e. The molecule has 0 spiro atoms. The van der Waals surface area contributed by atoms with Crippen LogP contribution in [0.15, 0.2) is 0 Å². The lowest BCUT2D eigenvalue weighted by Gasteiger charge is -2.41. The van der Waals surface area contributed by atoms with Crippen LogP contribution in [0.4, 0.5) is 0 Å². The molecule has 0 aromatic heterocycles. The predicted molar refractivity (Wildman–Crippen MR) is 78.5 cm³/mol. The van der Waals surface area contributed by atoms with E-state index < -0.39 is 0 Å². The Morgan fingerprint density at radius 3 is 2.56 bits per heavy atom. The molecule has 0 aromatic carbocycles. The summed E-state index contributed by atoms with van der Waals surface area (Å²) in [5, 5.41) is 0. The largest absolute Gasteiger partial charge is 0.330 e. The maximum absolute atomic E-state index is 6.02. The summed E-state index contributed by atoms with van der Waals surface area (Å²) in [6, 6.07) is 0.789. The first-order chi connectivity index (χ1) is 8.65. The summed E-state index contributed by atoms with van der Waals surface area (Å²) < 4.78 is 0. The Labute approximate surface area is 113 Å². The fourth-order valence-corrected chi connectivity index (χ4v) is 4.05. The second kappa shape index (κ2) is 6.38. The first-order valence-electron chi connectivity index (χ1n) is 8.09. The lowest BCUT2D eigenvalue weighted by Crippen LogP contribution is -2.46. The molecule has 1 heterocycles. The van der Waals surface area contributed by atoms with Crippen LogP contribution in [0.1, 0.15) is 52.9 Å². The molecule has 1 saturated carbocycles. The van der Waals surface area contributed by atoms with Crippen LogP contribution in [0.25, 0.3) is 0 Å². The van der Waals surface area contributed by atoms with E-state index in [0.717, 1.165) is 36.3 Å². The van der Waals surface area contributed by atoms with Crippen molar-refractivity contribution in [2.75, 3.05) is 19.6 Å². The number of likely N-dealkylation sites (tertiary alicyclic amines) is 1. The Kier molecular flexibility index (Phi) is 5.08. The van der Waals surface area contributed by atoms with Crippen LogP contribution >= 0.6 is 0 Å². The zero-order valence-corrected chi connectivity index (χ0v) is 12.6. The van der Waals surface area contributed by atoms with Gasteiger partial charge in [0.1, 0.15) is 0 Å². The van der Waals surface area contributed by atoms with E-state index in [0.29, 0.717) is 0 Å². The van der Waals surface area contributed by atoms with Gasteiger partial charge in [-0.3, -0.25) is 4.90 Å². The van der Waals surface area contributed by atoms with Crippen molar-refractivity contribution < 1.29 is 0 Å². The van der Waals surface area contributed by atoms with Crippen LogP contribution in [-0.4, -0.2) is 30.6 Å². The Balaban J connectivity index is 1.96. The molecule has 2 fully saturated rings. The average Bonchev–Trinajstić information content (AvgIpc) is 2.87. The van der Waals surface area contributed by atoms with Crippen molar-refractivity contribution in [3.63, 3.8) is 0 Å². The molecule has 1 aliphatic carbocycles. The van der Waals surface area contributed by atoms with E-state index in [-0.39, 0.29) is 0 Å². The summed E-state index contributed by atoms with van der Waals surface area (Å²) in [5.74, 6) is 3.48. The number of nitrogens with two attached hydrogens (primary N) is 1. The molecule has 0 aromatic rings. The quantitative estimate of drug-likeness (QED) is 0.833. The van der Waals surface area contributed by atoms with E-state index in [1.54, 1.807) is 0 Å². The molecule has 0 radical (unpaired) electrons. The van der Waals surface area contributed by atoms with Crippen LogP contribution < -0.4 is 5.73 Å².